The summed E-state index contributed by atoms with van der Waals surface area (Å²) in [6, 6.07) is 12.4. The monoisotopic (exact) mass is 426 g/mol. The van der Waals surface area contributed by atoms with Gasteiger partial charge < -0.3 is 10.8 Å². The molecule has 2 rings (SSSR count). The molecule has 0 spiro atoms. The molecule has 1 amide bonds. The van der Waals surface area contributed by atoms with E-state index in [1.165, 1.54) is 26.0 Å². The Kier molecular flexibility index (Phi) is 5.68. The van der Waals surface area contributed by atoms with E-state index in [0.717, 1.165) is 15.6 Å². The summed E-state index contributed by atoms with van der Waals surface area (Å²) in [5.74, 6) is -0.956. The van der Waals surface area contributed by atoms with E-state index < -0.39 is 27.6 Å². The molecule has 1 atom stereocenters. The number of hydrogen-bond donors (Lipinski definition) is 3. The predicted octanol–water partition coefficient (Wildman–Crippen LogP) is 2.02. The topological polar surface area (TPSA) is 109 Å². The number of carbonyl (C=O) groups excluding carboxylic acids is 1. The molecule has 0 aliphatic heterocycles. The van der Waals surface area contributed by atoms with Crippen LogP contribution in [0.1, 0.15) is 13.8 Å². The number of aliphatic hydroxyl groups is 1. The molecule has 0 radical (unpaired) electrons. The highest BCUT2D eigenvalue weighted by Gasteiger charge is 2.35. The van der Waals surface area contributed by atoms with Gasteiger partial charge in [-0.1, -0.05) is 40.2 Å². The van der Waals surface area contributed by atoms with Crippen LogP contribution < -0.4 is 10.5 Å². The first-order chi connectivity index (χ1) is 11.5. The Bertz CT molecular complexity index is 857. The van der Waals surface area contributed by atoms with Gasteiger partial charge in [-0.25, -0.2) is 8.42 Å². The van der Waals surface area contributed by atoms with Crippen LogP contribution in [0.2, 0.25) is 0 Å². The van der Waals surface area contributed by atoms with Gasteiger partial charge in [0.15, 0.2) is 0 Å². The summed E-state index contributed by atoms with van der Waals surface area (Å²) in [6.45, 7) is 2.61. The molecule has 8 heteroatoms. The average Bonchev–Trinajstić information content (AvgIpc) is 2.52. The van der Waals surface area contributed by atoms with Gasteiger partial charge in [-0.2, -0.15) is 4.72 Å². The van der Waals surface area contributed by atoms with Crippen LogP contribution in [0.15, 0.2) is 57.9 Å². The summed E-state index contributed by atoms with van der Waals surface area (Å²) >= 11 is 3.36. The quantitative estimate of drug-likeness (QED) is 0.655. The third-order valence-electron chi connectivity index (χ3n) is 3.61. The third kappa shape index (κ3) is 4.88. The number of amides is 1. The van der Waals surface area contributed by atoms with E-state index in [4.69, 9.17) is 5.73 Å². The molecule has 2 aromatic rings. The van der Waals surface area contributed by atoms with Crippen molar-refractivity contribution < 1.29 is 18.3 Å². The first-order valence-electron chi connectivity index (χ1n) is 7.41. The minimum absolute atomic E-state index is 0.0242. The fourth-order valence-electron chi connectivity index (χ4n) is 2.24. The van der Waals surface area contributed by atoms with Gasteiger partial charge in [0.05, 0.1) is 10.5 Å². The van der Waals surface area contributed by atoms with Crippen molar-refractivity contribution in [2.45, 2.75) is 30.4 Å². The van der Waals surface area contributed by atoms with E-state index in [9.17, 15) is 18.3 Å². The third-order valence-corrected chi connectivity index (χ3v) is 5.57. The van der Waals surface area contributed by atoms with E-state index in [-0.39, 0.29) is 4.90 Å². The molecule has 4 N–H and O–H groups in total. The van der Waals surface area contributed by atoms with Crippen LogP contribution in [-0.4, -0.2) is 31.1 Å². The van der Waals surface area contributed by atoms with Crippen molar-refractivity contribution in [1.82, 2.24) is 4.72 Å². The first kappa shape index (κ1) is 19.6. The molecule has 0 saturated heterocycles. The maximum atomic E-state index is 12.4. The number of carbonyl (C=O) groups is 1. The van der Waals surface area contributed by atoms with Gasteiger partial charge in [-0.15, -0.1) is 0 Å². The molecular formula is C17H19BrN2O4S. The largest absolute Gasteiger partial charge is 0.388 e. The molecule has 134 valence electrons. The number of sulfonamides is 1. The zero-order valence-electron chi connectivity index (χ0n) is 13.7. The lowest BCUT2D eigenvalue weighted by Crippen LogP contribution is -2.56. The standard InChI is InChI=1S/C17H19BrN2O4S/c1-17(2,22)15(16(19)21)20-25(23,24)14-9-5-12(6-10-14)11-3-7-13(18)8-4-11/h3-10,15,20,22H,1-2H3,(H2,19,21)/t15-/m0/s1. The maximum absolute atomic E-state index is 12.4. The summed E-state index contributed by atoms with van der Waals surface area (Å²) in [5, 5.41) is 9.94. The highest BCUT2D eigenvalue weighted by atomic mass is 79.9. The van der Waals surface area contributed by atoms with Crippen molar-refractivity contribution in [1.29, 1.82) is 0 Å². The Morgan fingerprint density at radius 3 is 1.92 bits per heavy atom. The summed E-state index contributed by atoms with van der Waals surface area (Å²) in [5.41, 5.74) is 5.35. The second kappa shape index (κ2) is 7.25. The molecule has 2 aromatic carbocycles. The van der Waals surface area contributed by atoms with Gasteiger partial charge in [-0.05, 0) is 49.2 Å². The number of rotatable bonds is 6. The van der Waals surface area contributed by atoms with E-state index in [1.807, 2.05) is 24.3 Å². The van der Waals surface area contributed by atoms with Gasteiger partial charge in [-0.3, -0.25) is 4.79 Å². The van der Waals surface area contributed by atoms with Crippen molar-refractivity contribution >= 4 is 31.9 Å². The van der Waals surface area contributed by atoms with Crippen LogP contribution in [0.25, 0.3) is 11.1 Å². The number of primary amides is 1. The van der Waals surface area contributed by atoms with E-state index >= 15 is 0 Å². The Labute approximate surface area is 155 Å². The molecule has 0 aliphatic rings. The Hall–Kier alpha value is -1.74. The SMILES string of the molecule is CC(C)(O)[C@@H](NS(=O)(=O)c1ccc(-c2ccc(Br)cc2)cc1)C(N)=O. The molecule has 0 aliphatic carbocycles. The van der Waals surface area contributed by atoms with Gasteiger partial charge in [0.2, 0.25) is 15.9 Å². The van der Waals surface area contributed by atoms with E-state index in [0.29, 0.717) is 0 Å². The van der Waals surface area contributed by atoms with Gasteiger partial charge in [0.25, 0.3) is 0 Å². The Morgan fingerprint density at radius 1 is 1.08 bits per heavy atom. The number of hydrogen-bond acceptors (Lipinski definition) is 4. The van der Waals surface area contributed by atoms with Crippen molar-refractivity contribution in [3.05, 3.63) is 53.0 Å². The van der Waals surface area contributed by atoms with Gasteiger partial charge in [0.1, 0.15) is 6.04 Å². The lowest BCUT2D eigenvalue weighted by molar-refractivity contribution is -0.124. The summed E-state index contributed by atoms with van der Waals surface area (Å²) < 4.78 is 28.0. The molecule has 25 heavy (non-hydrogen) atoms. The number of halogens is 1. The van der Waals surface area contributed by atoms with Crippen LogP contribution in [0.3, 0.4) is 0 Å². The first-order valence-corrected chi connectivity index (χ1v) is 9.68. The maximum Gasteiger partial charge on any atom is 0.241 e. The summed E-state index contributed by atoms with van der Waals surface area (Å²) in [6.07, 6.45) is 0. The van der Waals surface area contributed by atoms with Crippen molar-refractivity contribution in [3.8, 4) is 11.1 Å². The summed E-state index contributed by atoms with van der Waals surface area (Å²) in [7, 11) is -4.01. The molecule has 0 heterocycles. The molecule has 0 aromatic heterocycles. The highest BCUT2D eigenvalue weighted by Crippen LogP contribution is 2.23. The Balaban J connectivity index is 2.28. The zero-order valence-corrected chi connectivity index (χ0v) is 16.1. The Morgan fingerprint density at radius 2 is 1.52 bits per heavy atom. The molecule has 0 unspecified atom stereocenters. The second-order valence-electron chi connectivity index (χ2n) is 6.14. The molecular weight excluding hydrogens is 408 g/mol. The summed E-state index contributed by atoms with van der Waals surface area (Å²) in [4.78, 5) is 11.4. The lowest BCUT2D eigenvalue weighted by atomic mass is 10.00. The van der Waals surface area contributed by atoms with Crippen LogP contribution >= 0.6 is 15.9 Å². The van der Waals surface area contributed by atoms with Gasteiger partial charge >= 0.3 is 0 Å². The smallest absolute Gasteiger partial charge is 0.241 e. The van der Waals surface area contributed by atoms with Gasteiger partial charge in [0, 0.05) is 4.47 Å². The fraction of sp³-hybridized carbons (Fsp3) is 0.235. The highest BCUT2D eigenvalue weighted by molar-refractivity contribution is 9.10. The number of nitrogens with one attached hydrogen (secondary N) is 1. The van der Waals surface area contributed by atoms with Crippen LogP contribution in [0.5, 0.6) is 0 Å². The zero-order chi connectivity index (χ0) is 18.8. The number of benzene rings is 2. The van der Waals surface area contributed by atoms with Crippen molar-refractivity contribution in [2.24, 2.45) is 5.73 Å². The lowest BCUT2D eigenvalue weighted by Gasteiger charge is -2.27. The fourth-order valence-corrected chi connectivity index (χ4v) is 3.85. The minimum Gasteiger partial charge on any atom is -0.388 e. The number of nitrogens with two attached hydrogens (primary N) is 1. The van der Waals surface area contributed by atoms with Crippen molar-refractivity contribution in [2.75, 3.05) is 0 Å². The minimum atomic E-state index is -4.01. The molecule has 0 fully saturated rings. The predicted molar refractivity (Wildman–Crippen MR) is 99.2 cm³/mol. The second-order valence-corrected chi connectivity index (χ2v) is 8.77. The van der Waals surface area contributed by atoms with Crippen LogP contribution in [-0.2, 0) is 14.8 Å². The normalized spacial score (nSPS) is 13.4. The molecule has 0 bridgehead atoms. The van der Waals surface area contributed by atoms with E-state index in [1.54, 1.807) is 12.1 Å². The molecule has 0 saturated carbocycles. The average molecular weight is 427 g/mol. The van der Waals surface area contributed by atoms with E-state index in [2.05, 4.69) is 20.7 Å². The van der Waals surface area contributed by atoms with Crippen molar-refractivity contribution in [3.63, 3.8) is 0 Å². The van der Waals surface area contributed by atoms with Crippen LogP contribution in [0.4, 0.5) is 0 Å². The van der Waals surface area contributed by atoms with Crippen LogP contribution in [0, 0.1) is 0 Å². The molecule has 6 nitrogen and oxygen atoms in total.